The van der Waals surface area contributed by atoms with Gasteiger partial charge >= 0.3 is 12.1 Å². The summed E-state index contributed by atoms with van der Waals surface area (Å²) in [5.41, 5.74) is 0.600. The van der Waals surface area contributed by atoms with E-state index in [-0.39, 0.29) is 19.6 Å². The number of ether oxygens (including phenoxy) is 2. The molecule has 1 aromatic rings. The Morgan fingerprint density at radius 3 is 2.65 bits per heavy atom. The van der Waals surface area contributed by atoms with Gasteiger partial charge in [0.2, 0.25) is 0 Å². The van der Waals surface area contributed by atoms with Gasteiger partial charge in [0.05, 0.1) is 19.6 Å². The zero-order chi connectivity index (χ0) is 15.0. The lowest BCUT2D eigenvalue weighted by molar-refractivity contribution is -0.174. The predicted molar refractivity (Wildman–Crippen MR) is 64.8 cm³/mol. The Morgan fingerprint density at radius 2 is 2.00 bits per heavy atom. The van der Waals surface area contributed by atoms with E-state index in [1.54, 1.807) is 24.3 Å². The van der Waals surface area contributed by atoms with Crippen LogP contribution in [0.25, 0.3) is 0 Å². The van der Waals surface area contributed by atoms with E-state index in [2.05, 4.69) is 4.74 Å². The number of carbonyl (C=O) groups is 1. The molecule has 0 unspecified atom stereocenters. The minimum absolute atomic E-state index is 0.0473. The van der Waals surface area contributed by atoms with Crippen LogP contribution in [0.1, 0.15) is 12.0 Å². The number of rotatable bonds is 8. The first-order valence-corrected chi connectivity index (χ1v) is 5.95. The molecular formula is C13H15F3O4. The summed E-state index contributed by atoms with van der Waals surface area (Å²) in [4.78, 5) is 10.5. The Morgan fingerprint density at radius 1 is 1.25 bits per heavy atom. The first-order chi connectivity index (χ1) is 9.37. The average Bonchev–Trinajstić information content (AvgIpc) is 2.32. The van der Waals surface area contributed by atoms with Crippen LogP contribution in [-0.4, -0.2) is 37.1 Å². The maximum absolute atomic E-state index is 11.8. The van der Waals surface area contributed by atoms with E-state index >= 15 is 0 Å². The van der Waals surface area contributed by atoms with Crippen LogP contribution < -0.4 is 4.74 Å². The van der Waals surface area contributed by atoms with Crippen molar-refractivity contribution in [3.05, 3.63) is 29.8 Å². The van der Waals surface area contributed by atoms with Gasteiger partial charge in [0.1, 0.15) is 12.4 Å². The second-order valence-corrected chi connectivity index (χ2v) is 4.09. The zero-order valence-electron chi connectivity index (χ0n) is 10.7. The van der Waals surface area contributed by atoms with Gasteiger partial charge in [-0.1, -0.05) is 12.1 Å². The van der Waals surface area contributed by atoms with Crippen LogP contribution in [0.4, 0.5) is 13.2 Å². The quantitative estimate of drug-likeness (QED) is 0.748. The topological polar surface area (TPSA) is 55.8 Å². The molecule has 0 aliphatic carbocycles. The third kappa shape index (κ3) is 7.63. The SMILES string of the molecule is O=C(O)Cc1cccc(OCCCOCC(F)(F)F)c1. The number of halogens is 3. The summed E-state index contributed by atoms with van der Waals surface area (Å²) in [5.74, 6) is -0.456. The minimum Gasteiger partial charge on any atom is -0.493 e. The fourth-order valence-electron chi connectivity index (χ4n) is 1.46. The molecule has 0 radical (unpaired) electrons. The molecule has 0 amide bonds. The fraction of sp³-hybridized carbons (Fsp3) is 0.462. The summed E-state index contributed by atoms with van der Waals surface area (Å²) < 4.78 is 45.1. The molecule has 0 saturated carbocycles. The molecule has 112 valence electrons. The average molecular weight is 292 g/mol. The molecule has 0 atom stereocenters. The van der Waals surface area contributed by atoms with Gasteiger partial charge in [0.25, 0.3) is 0 Å². The normalized spacial score (nSPS) is 11.3. The van der Waals surface area contributed by atoms with Crippen molar-refractivity contribution in [2.45, 2.75) is 19.0 Å². The Labute approximate surface area is 114 Å². The summed E-state index contributed by atoms with van der Waals surface area (Å²) >= 11 is 0. The van der Waals surface area contributed by atoms with Crippen molar-refractivity contribution in [1.82, 2.24) is 0 Å². The largest absolute Gasteiger partial charge is 0.493 e. The highest BCUT2D eigenvalue weighted by molar-refractivity contribution is 5.70. The molecule has 0 aromatic heterocycles. The lowest BCUT2D eigenvalue weighted by Crippen LogP contribution is -2.18. The third-order valence-electron chi connectivity index (χ3n) is 2.22. The van der Waals surface area contributed by atoms with E-state index in [4.69, 9.17) is 9.84 Å². The van der Waals surface area contributed by atoms with Crippen molar-refractivity contribution >= 4 is 5.97 Å². The van der Waals surface area contributed by atoms with E-state index in [0.717, 1.165) is 0 Å². The smallest absolute Gasteiger partial charge is 0.411 e. The van der Waals surface area contributed by atoms with Crippen LogP contribution in [0.15, 0.2) is 24.3 Å². The summed E-state index contributed by atoms with van der Waals surface area (Å²) in [7, 11) is 0. The Hall–Kier alpha value is -1.76. The molecular weight excluding hydrogens is 277 g/mol. The molecule has 1 rings (SSSR count). The lowest BCUT2D eigenvalue weighted by atomic mass is 10.1. The lowest BCUT2D eigenvalue weighted by Gasteiger charge is -2.09. The number of hydrogen-bond donors (Lipinski definition) is 1. The Balaban J connectivity index is 2.23. The van der Waals surface area contributed by atoms with Crippen molar-refractivity contribution in [3.8, 4) is 5.75 Å². The van der Waals surface area contributed by atoms with Crippen LogP contribution in [0.2, 0.25) is 0 Å². The van der Waals surface area contributed by atoms with Gasteiger partial charge in [0.15, 0.2) is 0 Å². The molecule has 1 aromatic carbocycles. The van der Waals surface area contributed by atoms with Crippen molar-refractivity contribution in [3.63, 3.8) is 0 Å². The van der Waals surface area contributed by atoms with Crippen LogP contribution in [0, 0.1) is 0 Å². The number of benzene rings is 1. The number of hydrogen-bond acceptors (Lipinski definition) is 3. The molecule has 0 saturated heterocycles. The van der Waals surface area contributed by atoms with Crippen molar-refractivity contribution in [2.24, 2.45) is 0 Å². The first kappa shape index (κ1) is 16.3. The van der Waals surface area contributed by atoms with Gasteiger partial charge in [-0.15, -0.1) is 0 Å². The van der Waals surface area contributed by atoms with Crippen LogP contribution >= 0.6 is 0 Å². The number of alkyl halides is 3. The van der Waals surface area contributed by atoms with Gasteiger partial charge in [-0.25, -0.2) is 0 Å². The summed E-state index contributed by atoms with van der Waals surface area (Å²) in [6.07, 6.45) is -4.10. The second-order valence-electron chi connectivity index (χ2n) is 4.09. The molecule has 0 spiro atoms. The van der Waals surface area contributed by atoms with Gasteiger partial charge in [-0.2, -0.15) is 13.2 Å². The van der Waals surface area contributed by atoms with Crippen LogP contribution in [-0.2, 0) is 16.0 Å². The minimum atomic E-state index is -4.31. The number of aliphatic carboxylic acids is 1. The van der Waals surface area contributed by atoms with E-state index in [1.807, 2.05) is 0 Å². The maximum Gasteiger partial charge on any atom is 0.411 e. The van der Waals surface area contributed by atoms with E-state index in [0.29, 0.717) is 17.7 Å². The fourth-order valence-corrected chi connectivity index (χ4v) is 1.46. The molecule has 0 bridgehead atoms. The third-order valence-corrected chi connectivity index (χ3v) is 2.22. The standard InChI is InChI=1S/C13H15F3O4/c14-13(15,16)9-19-5-2-6-20-11-4-1-3-10(7-11)8-12(17)18/h1,3-4,7H,2,5-6,8-9H2,(H,17,18). The van der Waals surface area contributed by atoms with Crippen LogP contribution in [0.3, 0.4) is 0 Å². The molecule has 4 nitrogen and oxygen atoms in total. The van der Waals surface area contributed by atoms with Crippen molar-refractivity contribution < 1.29 is 32.5 Å². The Bertz CT molecular complexity index is 432. The van der Waals surface area contributed by atoms with E-state index in [1.165, 1.54) is 0 Å². The number of carboxylic acid groups (broad SMARTS) is 1. The highest BCUT2D eigenvalue weighted by atomic mass is 19.4. The summed E-state index contributed by atoms with van der Waals surface area (Å²) in [5, 5.41) is 8.65. The predicted octanol–water partition coefficient (Wildman–Crippen LogP) is 2.66. The molecule has 1 N–H and O–H groups in total. The van der Waals surface area contributed by atoms with Crippen molar-refractivity contribution in [2.75, 3.05) is 19.8 Å². The highest BCUT2D eigenvalue weighted by Gasteiger charge is 2.27. The zero-order valence-corrected chi connectivity index (χ0v) is 10.7. The summed E-state index contributed by atoms with van der Waals surface area (Å²) in [6, 6.07) is 6.56. The van der Waals surface area contributed by atoms with Crippen LogP contribution in [0.5, 0.6) is 5.75 Å². The van der Waals surface area contributed by atoms with Gasteiger partial charge < -0.3 is 14.6 Å². The highest BCUT2D eigenvalue weighted by Crippen LogP contribution is 2.15. The monoisotopic (exact) mass is 292 g/mol. The Kier molecular flexibility index (Phi) is 6.30. The van der Waals surface area contributed by atoms with Gasteiger partial charge in [0, 0.05) is 6.42 Å². The molecule has 7 heteroatoms. The molecule has 0 fully saturated rings. The molecule has 0 heterocycles. The maximum atomic E-state index is 11.8. The first-order valence-electron chi connectivity index (χ1n) is 5.95. The van der Waals surface area contributed by atoms with E-state index < -0.39 is 18.8 Å². The number of carboxylic acids is 1. The van der Waals surface area contributed by atoms with E-state index in [9.17, 15) is 18.0 Å². The van der Waals surface area contributed by atoms with Gasteiger partial charge in [-0.3, -0.25) is 4.79 Å². The van der Waals surface area contributed by atoms with Gasteiger partial charge in [-0.05, 0) is 17.7 Å². The summed E-state index contributed by atoms with van der Waals surface area (Å²) in [6.45, 7) is -1.11. The molecule has 20 heavy (non-hydrogen) atoms. The van der Waals surface area contributed by atoms with Crippen molar-refractivity contribution in [1.29, 1.82) is 0 Å². The molecule has 0 aliphatic rings. The molecule has 0 aliphatic heterocycles. The second kappa shape index (κ2) is 7.74.